The molecule has 1 fully saturated rings. The second-order valence-corrected chi connectivity index (χ2v) is 7.06. The number of nitrogens with one attached hydrogen (secondary N) is 2. The zero-order valence-electron chi connectivity index (χ0n) is 11.7. The van der Waals surface area contributed by atoms with Crippen LogP contribution in [-0.2, 0) is 13.0 Å². The molecule has 0 saturated heterocycles. The molecule has 0 amide bonds. The van der Waals surface area contributed by atoms with Crippen LogP contribution in [0.2, 0.25) is 0 Å². The zero-order valence-corrected chi connectivity index (χ0v) is 12.6. The average Bonchev–Trinajstić information content (AvgIpc) is 3.05. The van der Waals surface area contributed by atoms with E-state index in [2.05, 4.69) is 47.5 Å². The number of hydrogen-bond acceptors (Lipinski definition) is 3. The number of rotatable bonds is 5. The minimum absolute atomic E-state index is 0.710. The molecule has 2 aliphatic rings. The molecule has 2 unspecified atom stereocenters. The van der Waals surface area contributed by atoms with Crippen molar-refractivity contribution in [2.75, 3.05) is 17.6 Å². The van der Waals surface area contributed by atoms with Gasteiger partial charge in [-0.2, -0.15) is 11.8 Å². The third kappa shape index (κ3) is 2.92. The second-order valence-electron chi connectivity index (χ2n) is 5.54. The SMILES string of the molecule is CCSC1CCCC1NCc1cccc2c1NCC2. The summed E-state index contributed by atoms with van der Waals surface area (Å²) in [6, 6.07) is 7.43. The van der Waals surface area contributed by atoms with Crippen molar-refractivity contribution in [2.45, 2.75) is 50.4 Å². The lowest BCUT2D eigenvalue weighted by molar-refractivity contribution is 0.532. The number of anilines is 1. The van der Waals surface area contributed by atoms with Gasteiger partial charge in [-0.05, 0) is 36.1 Å². The van der Waals surface area contributed by atoms with Crippen LogP contribution in [0.25, 0.3) is 0 Å². The first-order chi connectivity index (χ1) is 9.38. The summed E-state index contributed by atoms with van der Waals surface area (Å²) >= 11 is 2.13. The molecule has 1 aliphatic heterocycles. The van der Waals surface area contributed by atoms with Gasteiger partial charge in [-0.3, -0.25) is 0 Å². The Balaban J connectivity index is 1.62. The van der Waals surface area contributed by atoms with E-state index in [1.54, 1.807) is 0 Å². The fourth-order valence-corrected chi connectivity index (χ4v) is 4.60. The van der Waals surface area contributed by atoms with Crippen LogP contribution < -0.4 is 10.6 Å². The minimum Gasteiger partial charge on any atom is -0.384 e. The van der Waals surface area contributed by atoms with Gasteiger partial charge in [0.25, 0.3) is 0 Å². The number of thioether (sulfide) groups is 1. The molecule has 1 heterocycles. The maximum absolute atomic E-state index is 3.80. The van der Waals surface area contributed by atoms with Crippen molar-refractivity contribution in [3.63, 3.8) is 0 Å². The third-order valence-corrected chi connectivity index (χ3v) is 5.65. The Morgan fingerprint density at radius 3 is 3.21 bits per heavy atom. The van der Waals surface area contributed by atoms with E-state index < -0.39 is 0 Å². The lowest BCUT2D eigenvalue weighted by atomic mass is 10.1. The first-order valence-electron chi connectivity index (χ1n) is 7.58. The van der Waals surface area contributed by atoms with Crippen molar-refractivity contribution in [3.05, 3.63) is 29.3 Å². The second kappa shape index (κ2) is 6.19. The highest BCUT2D eigenvalue weighted by Gasteiger charge is 2.26. The summed E-state index contributed by atoms with van der Waals surface area (Å²) in [7, 11) is 0. The predicted molar refractivity (Wildman–Crippen MR) is 85.0 cm³/mol. The van der Waals surface area contributed by atoms with Gasteiger partial charge in [-0.1, -0.05) is 31.5 Å². The molecule has 2 atom stereocenters. The first kappa shape index (κ1) is 13.3. The van der Waals surface area contributed by atoms with Crippen molar-refractivity contribution >= 4 is 17.4 Å². The molecule has 3 rings (SSSR count). The predicted octanol–water partition coefficient (Wildman–Crippen LogP) is 3.42. The Hall–Kier alpha value is -0.670. The van der Waals surface area contributed by atoms with Crippen LogP contribution >= 0.6 is 11.8 Å². The monoisotopic (exact) mass is 276 g/mol. The standard InChI is InChI=1S/C16H24N2S/c1-2-19-15-8-4-7-14(15)18-11-13-6-3-5-12-9-10-17-16(12)13/h3,5-6,14-15,17-18H,2,4,7-11H2,1H3. The van der Waals surface area contributed by atoms with Crippen LogP contribution in [0.4, 0.5) is 5.69 Å². The summed E-state index contributed by atoms with van der Waals surface area (Å²) in [6.07, 6.45) is 5.31. The highest BCUT2D eigenvalue weighted by molar-refractivity contribution is 7.99. The summed E-state index contributed by atoms with van der Waals surface area (Å²) in [4.78, 5) is 0. The van der Waals surface area contributed by atoms with Gasteiger partial charge in [-0.15, -0.1) is 0 Å². The van der Waals surface area contributed by atoms with Crippen LogP contribution in [0.3, 0.4) is 0 Å². The van der Waals surface area contributed by atoms with Gasteiger partial charge in [0, 0.05) is 30.1 Å². The van der Waals surface area contributed by atoms with E-state index in [1.165, 1.54) is 48.3 Å². The molecule has 104 valence electrons. The van der Waals surface area contributed by atoms with E-state index in [-0.39, 0.29) is 0 Å². The summed E-state index contributed by atoms with van der Waals surface area (Å²) in [5.74, 6) is 1.24. The molecular formula is C16H24N2S. The van der Waals surface area contributed by atoms with Gasteiger partial charge in [0.15, 0.2) is 0 Å². The molecule has 2 N–H and O–H groups in total. The van der Waals surface area contributed by atoms with Gasteiger partial charge in [-0.25, -0.2) is 0 Å². The maximum atomic E-state index is 3.80. The Morgan fingerprint density at radius 1 is 1.37 bits per heavy atom. The Bertz CT molecular complexity index is 433. The molecule has 2 nitrogen and oxygen atoms in total. The van der Waals surface area contributed by atoms with Gasteiger partial charge in [0.1, 0.15) is 0 Å². The molecule has 0 spiro atoms. The molecule has 1 aromatic rings. The lowest BCUT2D eigenvalue weighted by Gasteiger charge is -2.21. The maximum Gasteiger partial charge on any atom is 0.0419 e. The normalized spacial score (nSPS) is 25.3. The number of fused-ring (bicyclic) bond motifs is 1. The quantitative estimate of drug-likeness (QED) is 0.862. The van der Waals surface area contributed by atoms with Crippen LogP contribution in [0.5, 0.6) is 0 Å². The summed E-state index contributed by atoms with van der Waals surface area (Å²) in [5, 5.41) is 8.17. The topological polar surface area (TPSA) is 24.1 Å². The molecule has 1 aliphatic carbocycles. The third-order valence-electron chi connectivity index (χ3n) is 4.32. The summed E-state index contributed by atoms with van der Waals surface area (Å²) in [5.41, 5.74) is 4.33. The average molecular weight is 276 g/mol. The molecule has 19 heavy (non-hydrogen) atoms. The highest BCUT2D eigenvalue weighted by Crippen LogP contribution is 2.31. The molecule has 0 bridgehead atoms. The first-order valence-corrected chi connectivity index (χ1v) is 8.63. The molecule has 0 radical (unpaired) electrons. The Morgan fingerprint density at radius 2 is 2.32 bits per heavy atom. The van der Waals surface area contributed by atoms with Crippen molar-refractivity contribution in [1.82, 2.24) is 5.32 Å². The van der Waals surface area contributed by atoms with E-state index in [1.807, 2.05) is 0 Å². The number of benzene rings is 1. The smallest absolute Gasteiger partial charge is 0.0419 e. The summed E-state index contributed by atoms with van der Waals surface area (Å²) < 4.78 is 0. The Labute approximate surface area is 120 Å². The fourth-order valence-electron chi connectivity index (χ4n) is 3.37. The van der Waals surface area contributed by atoms with E-state index in [9.17, 15) is 0 Å². The van der Waals surface area contributed by atoms with Crippen molar-refractivity contribution in [1.29, 1.82) is 0 Å². The van der Waals surface area contributed by atoms with E-state index in [0.29, 0.717) is 6.04 Å². The van der Waals surface area contributed by atoms with Crippen LogP contribution in [0.15, 0.2) is 18.2 Å². The van der Waals surface area contributed by atoms with Gasteiger partial charge in [0.05, 0.1) is 0 Å². The van der Waals surface area contributed by atoms with E-state index in [0.717, 1.165) is 18.3 Å². The number of para-hydroxylation sites is 1. The molecule has 3 heteroatoms. The fraction of sp³-hybridized carbons (Fsp3) is 0.625. The van der Waals surface area contributed by atoms with Crippen LogP contribution in [-0.4, -0.2) is 23.6 Å². The van der Waals surface area contributed by atoms with Gasteiger partial charge in [0.2, 0.25) is 0 Å². The Kier molecular flexibility index (Phi) is 4.34. The van der Waals surface area contributed by atoms with Crippen molar-refractivity contribution in [2.24, 2.45) is 0 Å². The minimum atomic E-state index is 0.710. The largest absolute Gasteiger partial charge is 0.384 e. The van der Waals surface area contributed by atoms with Crippen LogP contribution in [0.1, 0.15) is 37.3 Å². The molecule has 0 aromatic heterocycles. The van der Waals surface area contributed by atoms with Gasteiger partial charge < -0.3 is 10.6 Å². The number of hydrogen-bond donors (Lipinski definition) is 2. The molecular weight excluding hydrogens is 252 g/mol. The zero-order chi connectivity index (χ0) is 13.1. The van der Waals surface area contributed by atoms with Crippen LogP contribution in [0, 0.1) is 0 Å². The van der Waals surface area contributed by atoms with Gasteiger partial charge >= 0.3 is 0 Å². The van der Waals surface area contributed by atoms with E-state index >= 15 is 0 Å². The summed E-state index contributed by atoms with van der Waals surface area (Å²) in [6.45, 7) is 4.39. The lowest BCUT2D eigenvalue weighted by Crippen LogP contribution is -2.33. The molecule has 1 aromatic carbocycles. The van der Waals surface area contributed by atoms with Crippen molar-refractivity contribution in [3.8, 4) is 0 Å². The highest BCUT2D eigenvalue weighted by atomic mass is 32.2. The van der Waals surface area contributed by atoms with Crippen molar-refractivity contribution < 1.29 is 0 Å². The van der Waals surface area contributed by atoms with E-state index in [4.69, 9.17) is 0 Å². The molecule has 1 saturated carbocycles.